The second-order valence-corrected chi connectivity index (χ2v) is 2.24. The summed E-state index contributed by atoms with van der Waals surface area (Å²) in [6.07, 6.45) is 6.37. The first kappa shape index (κ1) is 8.21. The molecule has 1 aromatic rings. The molecule has 0 N–H and O–H groups in total. The van der Waals surface area contributed by atoms with E-state index in [1.807, 2.05) is 0 Å². The molecule has 0 saturated carbocycles. The number of aryl methyl sites for hydroxylation is 1. The maximum atomic E-state index is 10.4. The van der Waals surface area contributed by atoms with Gasteiger partial charge in [0.2, 0.25) is 0 Å². The summed E-state index contributed by atoms with van der Waals surface area (Å²) in [5.74, 6) is 2.20. The minimum atomic E-state index is -0.510. The quantitative estimate of drug-likeness (QED) is 0.355. The Labute approximate surface area is 69.4 Å². The van der Waals surface area contributed by atoms with Gasteiger partial charge in [0.15, 0.2) is 0 Å². The summed E-state index contributed by atoms with van der Waals surface area (Å²) in [5, 5.41) is 10.4. The second kappa shape index (κ2) is 3.01. The first-order valence-corrected chi connectivity index (χ1v) is 3.23. The molecule has 0 aromatic carbocycles. The summed E-state index contributed by atoms with van der Waals surface area (Å²) >= 11 is 0. The van der Waals surface area contributed by atoms with Crippen LogP contribution < -0.4 is 0 Å². The average molecular weight is 162 g/mol. The van der Waals surface area contributed by atoms with E-state index in [0.29, 0.717) is 5.69 Å². The van der Waals surface area contributed by atoms with E-state index in [-0.39, 0.29) is 11.3 Å². The summed E-state index contributed by atoms with van der Waals surface area (Å²) in [4.78, 5) is 13.8. The molecule has 0 unspecified atom stereocenters. The van der Waals surface area contributed by atoms with Crippen molar-refractivity contribution in [3.8, 4) is 12.3 Å². The van der Waals surface area contributed by atoms with Gasteiger partial charge in [-0.25, -0.2) is 0 Å². The van der Waals surface area contributed by atoms with Crippen molar-refractivity contribution in [2.75, 3.05) is 0 Å². The van der Waals surface area contributed by atoms with Crippen LogP contribution >= 0.6 is 0 Å². The maximum Gasteiger partial charge on any atom is 0.288 e. The van der Waals surface area contributed by atoms with Crippen LogP contribution in [0.4, 0.5) is 5.69 Å². The van der Waals surface area contributed by atoms with E-state index < -0.39 is 4.92 Å². The molecule has 0 radical (unpaired) electrons. The molecule has 12 heavy (non-hydrogen) atoms. The number of hydrogen-bond donors (Lipinski definition) is 0. The first-order valence-electron chi connectivity index (χ1n) is 3.23. The maximum absolute atomic E-state index is 10.4. The molecule has 0 aliphatic rings. The third-order valence-corrected chi connectivity index (χ3v) is 1.37. The van der Waals surface area contributed by atoms with Crippen molar-refractivity contribution in [2.24, 2.45) is 0 Å². The van der Waals surface area contributed by atoms with Gasteiger partial charge in [0.25, 0.3) is 5.69 Å². The molecule has 0 spiro atoms. The van der Waals surface area contributed by atoms with Crippen LogP contribution in [0.5, 0.6) is 0 Å². The van der Waals surface area contributed by atoms with Gasteiger partial charge in [-0.1, -0.05) is 5.92 Å². The number of nitro groups is 1. The van der Waals surface area contributed by atoms with Crippen LogP contribution in [-0.4, -0.2) is 9.91 Å². The summed E-state index contributed by atoms with van der Waals surface area (Å²) < 4.78 is 0. The van der Waals surface area contributed by atoms with Gasteiger partial charge in [-0.15, -0.1) is 6.42 Å². The molecule has 1 aromatic heterocycles. The lowest BCUT2D eigenvalue weighted by atomic mass is 10.2. The van der Waals surface area contributed by atoms with Gasteiger partial charge in [0.05, 0.1) is 4.92 Å². The van der Waals surface area contributed by atoms with Gasteiger partial charge in [0.1, 0.15) is 5.56 Å². The molecule has 4 heteroatoms. The SMILES string of the molecule is C#Cc1cnc(C)cc1[N+](=O)[O-]. The number of terminal acetylenes is 1. The largest absolute Gasteiger partial charge is 0.288 e. The van der Waals surface area contributed by atoms with Crippen molar-refractivity contribution in [1.82, 2.24) is 4.98 Å². The molecule has 0 atom stereocenters. The Hall–Kier alpha value is -1.89. The Morgan fingerprint density at radius 1 is 1.75 bits per heavy atom. The van der Waals surface area contributed by atoms with Crippen molar-refractivity contribution in [1.29, 1.82) is 0 Å². The van der Waals surface area contributed by atoms with Crippen LogP contribution in [0.25, 0.3) is 0 Å². The van der Waals surface area contributed by atoms with Crippen molar-refractivity contribution < 1.29 is 4.92 Å². The predicted molar refractivity (Wildman–Crippen MR) is 43.6 cm³/mol. The van der Waals surface area contributed by atoms with Crippen LogP contribution in [0.2, 0.25) is 0 Å². The monoisotopic (exact) mass is 162 g/mol. The summed E-state index contributed by atoms with van der Waals surface area (Å²) in [6.45, 7) is 1.67. The normalized spacial score (nSPS) is 9.00. The third kappa shape index (κ3) is 1.40. The van der Waals surface area contributed by atoms with E-state index in [9.17, 15) is 10.1 Å². The van der Waals surface area contributed by atoms with E-state index >= 15 is 0 Å². The molecule has 1 rings (SSSR count). The van der Waals surface area contributed by atoms with E-state index in [0.717, 1.165) is 0 Å². The van der Waals surface area contributed by atoms with E-state index in [2.05, 4.69) is 10.9 Å². The summed E-state index contributed by atoms with van der Waals surface area (Å²) in [5.41, 5.74) is 0.733. The molecule has 0 aliphatic heterocycles. The number of hydrogen-bond acceptors (Lipinski definition) is 3. The van der Waals surface area contributed by atoms with Crippen molar-refractivity contribution in [3.63, 3.8) is 0 Å². The van der Waals surface area contributed by atoms with Gasteiger partial charge < -0.3 is 0 Å². The van der Waals surface area contributed by atoms with E-state index in [4.69, 9.17) is 6.42 Å². The van der Waals surface area contributed by atoms with Crippen molar-refractivity contribution in [3.05, 3.63) is 33.6 Å². The molecule has 0 fully saturated rings. The van der Waals surface area contributed by atoms with Crippen molar-refractivity contribution in [2.45, 2.75) is 6.92 Å². The highest BCUT2D eigenvalue weighted by atomic mass is 16.6. The molecule has 1 heterocycles. The fourth-order valence-corrected chi connectivity index (χ4v) is 0.808. The molecular formula is C8H6N2O2. The molecular weight excluding hydrogens is 156 g/mol. The lowest BCUT2D eigenvalue weighted by Crippen LogP contribution is -1.94. The number of nitrogens with zero attached hydrogens (tertiary/aromatic N) is 2. The number of rotatable bonds is 1. The van der Waals surface area contributed by atoms with Crippen LogP contribution in [0.1, 0.15) is 11.3 Å². The zero-order valence-corrected chi connectivity index (χ0v) is 6.44. The lowest BCUT2D eigenvalue weighted by molar-refractivity contribution is -0.385. The van der Waals surface area contributed by atoms with Crippen LogP contribution in [-0.2, 0) is 0 Å². The Morgan fingerprint density at radius 2 is 2.42 bits per heavy atom. The smallest absolute Gasteiger partial charge is 0.260 e. The molecule has 0 bridgehead atoms. The molecule has 0 aliphatic carbocycles. The summed E-state index contributed by atoms with van der Waals surface area (Å²) in [6, 6.07) is 1.36. The van der Waals surface area contributed by atoms with E-state index in [1.165, 1.54) is 12.3 Å². The fraction of sp³-hybridized carbons (Fsp3) is 0.125. The highest BCUT2D eigenvalue weighted by Crippen LogP contribution is 2.16. The standard InChI is InChI=1S/C8H6N2O2/c1-3-7-5-9-6(2)4-8(7)10(11)12/h1,4-5H,2H3. The fourth-order valence-electron chi connectivity index (χ4n) is 0.808. The molecule has 0 saturated heterocycles. The molecule has 60 valence electrons. The van der Waals surface area contributed by atoms with Gasteiger partial charge in [-0.3, -0.25) is 15.1 Å². The highest BCUT2D eigenvalue weighted by Gasteiger charge is 2.11. The van der Waals surface area contributed by atoms with Crippen molar-refractivity contribution >= 4 is 5.69 Å². The molecule has 0 amide bonds. The number of pyridine rings is 1. The van der Waals surface area contributed by atoms with Gasteiger partial charge in [-0.2, -0.15) is 0 Å². The predicted octanol–water partition coefficient (Wildman–Crippen LogP) is 1.28. The average Bonchev–Trinajstić information content (AvgIpc) is 2.04. The Kier molecular flexibility index (Phi) is 2.06. The highest BCUT2D eigenvalue weighted by molar-refractivity contribution is 5.48. The first-order chi connectivity index (χ1) is 5.65. The van der Waals surface area contributed by atoms with Crippen LogP contribution in [0, 0.1) is 29.4 Å². The summed E-state index contributed by atoms with van der Waals surface area (Å²) in [7, 11) is 0. The zero-order valence-electron chi connectivity index (χ0n) is 6.44. The molecule has 4 nitrogen and oxygen atoms in total. The van der Waals surface area contributed by atoms with E-state index in [1.54, 1.807) is 6.92 Å². The third-order valence-electron chi connectivity index (χ3n) is 1.37. The van der Waals surface area contributed by atoms with Crippen LogP contribution in [0.15, 0.2) is 12.3 Å². The van der Waals surface area contributed by atoms with Gasteiger partial charge in [-0.05, 0) is 6.92 Å². The topological polar surface area (TPSA) is 56.0 Å². The second-order valence-electron chi connectivity index (χ2n) is 2.24. The number of aromatic nitrogens is 1. The minimum absolute atomic E-state index is 0.0648. The van der Waals surface area contributed by atoms with Crippen LogP contribution in [0.3, 0.4) is 0 Å². The minimum Gasteiger partial charge on any atom is -0.260 e. The van der Waals surface area contributed by atoms with Gasteiger partial charge in [0, 0.05) is 18.0 Å². The Balaban J connectivity index is 3.34. The Bertz CT molecular complexity index is 366. The zero-order chi connectivity index (χ0) is 9.14. The van der Waals surface area contributed by atoms with Gasteiger partial charge >= 0.3 is 0 Å². The lowest BCUT2D eigenvalue weighted by Gasteiger charge is -1.95. The Morgan fingerprint density at radius 3 is 2.92 bits per heavy atom.